The Morgan fingerprint density at radius 1 is 1.27 bits per heavy atom. The van der Waals surface area contributed by atoms with Gasteiger partial charge in [-0.05, 0) is 18.2 Å². The first-order chi connectivity index (χ1) is 9.59. The molecule has 0 saturated heterocycles. The standard InChI is InChI=1S/C11H11F3N4O3.ClH/c12-11(13,14)6-1-5(9(21)17-4-8(19)20)2-7(3-6)18-10(15)16;/h1-3H,4H2,(H,17,21)(H,19,20)(H4,15,16,18);1H. The number of halogens is 4. The van der Waals surface area contributed by atoms with Crippen LogP contribution < -0.4 is 16.4 Å². The van der Waals surface area contributed by atoms with E-state index in [-0.39, 0.29) is 18.1 Å². The Hall–Kier alpha value is -2.49. The summed E-state index contributed by atoms with van der Waals surface area (Å²) in [5, 5.41) is 19.5. The minimum absolute atomic E-state index is 0. The average Bonchev–Trinajstić information content (AvgIpc) is 2.33. The van der Waals surface area contributed by atoms with Crippen molar-refractivity contribution in [3.63, 3.8) is 0 Å². The number of carboxylic acid groups (broad SMARTS) is 1. The molecule has 0 atom stereocenters. The molecule has 11 heteroatoms. The lowest BCUT2D eigenvalue weighted by molar-refractivity contribution is -0.138. The van der Waals surface area contributed by atoms with E-state index in [9.17, 15) is 22.8 Å². The molecule has 1 amide bonds. The van der Waals surface area contributed by atoms with Gasteiger partial charge in [-0.15, -0.1) is 12.4 Å². The fourth-order valence-electron chi connectivity index (χ4n) is 1.41. The number of aliphatic carboxylic acids is 1. The van der Waals surface area contributed by atoms with Crippen LogP contribution in [0, 0.1) is 5.41 Å². The van der Waals surface area contributed by atoms with Crippen LogP contribution in [0.4, 0.5) is 18.9 Å². The number of rotatable bonds is 4. The van der Waals surface area contributed by atoms with E-state index in [1.165, 1.54) is 0 Å². The number of hydrogen-bond acceptors (Lipinski definition) is 3. The van der Waals surface area contributed by atoms with Crippen molar-refractivity contribution >= 4 is 35.9 Å². The molecular weight excluding hydrogens is 329 g/mol. The van der Waals surface area contributed by atoms with E-state index >= 15 is 0 Å². The molecule has 1 rings (SSSR count). The van der Waals surface area contributed by atoms with E-state index in [1.807, 2.05) is 5.32 Å². The van der Waals surface area contributed by atoms with Crippen molar-refractivity contribution in [1.29, 1.82) is 5.41 Å². The second-order valence-corrected chi connectivity index (χ2v) is 3.91. The number of nitrogens with one attached hydrogen (secondary N) is 3. The third-order valence-corrected chi connectivity index (χ3v) is 2.20. The molecule has 0 fully saturated rings. The molecule has 0 spiro atoms. The Morgan fingerprint density at radius 2 is 1.86 bits per heavy atom. The first-order valence-electron chi connectivity index (χ1n) is 5.43. The fourth-order valence-corrected chi connectivity index (χ4v) is 1.41. The maximum atomic E-state index is 12.7. The number of guanidine groups is 1. The Balaban J connectivity index is 0.00000441. The Morgan fingerprint density at radius 3 is 2.32 bits per heavy atom. The summed E-state index contributed by atoms with van der Waals surface area (Å²) < 4.78 is 38.2. The van der Waals surface area contributed by atoms with E-state index in [2.05, 4.69) is 5.32 Å². The van der Waals surface area contributed by atoms with Gasteiger partial charge in [0.1, 0.15) is 6.54 Å². The van der Waals surface area contributed by atoms with Gasteiger partial charge < -0.3 is 21.5 Å². The summed E-state index contributed by atoms with van der Waals surface area (Å²) in [7, 11) is 0. The first-order valence-corrected chi connectivity index (χ1v) is 5.43. The highest BCUT2D eigenvalue weighted by molar-refractivity contribution is 5.98. The van der Waals surface area contributed by atoms with Gasteiger partial charge >= 0.3 is 12.1 Å². The summed E-state index contributed by atoms with van der Waals surface area (Å²) in [6.45, 7) is -0.732. The summed E-state index contributed by atoms with van der Waals surface area (Å²) in [6, 6.07) is 2.27. The smallest absolute Gasteiger partial charge is 0.416 e. The van der Waals surface area contributed by atoms with Crippen LogP contribution in [0.3, 0.4) is 0 Å². The molecule has 0 aliphatic rings. The van der Waals surface area contributed by atoms with E-state index in [0.717, 1.165) is 6.07 Å². The van der Waals surface area contributed by atoms with Crippen LogP contribution >= 0.6 is 12.4 Å². The second-order valence-electron chi connectivity index (χ2n) is 3.91. The second kappa shape index (κ2) is 7.50. The lowest BCUT2D eigenvalue weighted by Gasteiger charge is -2.12. The molecule has 0 saturated carbocycles. The van der Waals surface area contributed by atoms with Gasteiger partial charge in [0.05, 0.1) is 5.56 Å². The quantitative estimate of drug-likeness (QED) is 0.416. The van der Waals surface area contributed by atoms with Crippen LogP contribution in [0.1, 0.15) is 15.9 Å². The van der Waals surface area contributed by atoms with Gasteiger partial charge in [-0.2, -0.15) is 13.2 Å². The topological polar surface area (TPSA) is 128 Å². The highest BCUT2D eigenvalue weighted by Crippen LogP contribution is 2.32. The summed E-state index contributed by atoms with van der Waals surface area (Å²) in [5.41, 5.74) is 3.27. The van der Waals surface area contributed by atoms with Gasteiger partial charge in [0.25, 0.3) is 5.91 Å². The third-order valence-electron chi connectivity index (χ3n) is 2.20. The van der Waals surface area contributed by atoms with Crippen LogP contribution in [-0.2, 0) is 11.0 Å². The van der Waals surface area contributed by atoms with Gasteiger partial charge in [-0.25, -0.2) is 0 Å². The molecule has 0 unspecified atom stereocenters. The molecule has 0 aromatic heterocycles. The zero-order valence-corrected chi connectivity index (χ0v) is 11.6. The van der Waals surface area contributed by atoms with E-state index in [1.54, 1.807) is 0 Å². The van der Waals surface area contributed by atoms with Crippen molar-refractivity contribution in [2.45, 2.75) is 6.18 Å². The molecule has 0 bridgehead atoms. The number of nitrogens with two attached hydrogens (primary N) is 1. The molecule has 22 heavy (non-hydrogen) atoms. The number of amides is 1. The lowest BCUT2D eigenvalue weighted by Crippen LogP contribution is -2.29. The van der Waals surface area contributed by atoms with Crippen molar-refractivity contribution in [2.75, 3.05) is 11.9 Å². The van der Waals surface area contributed by atoms with Crippen molar-refractivity contribution in [1.82, 2.24) is 5.32 Å². The van der Waals surface area contributed by atoms with E-state index in [4.69, 9.17) is 16.2 Å². The predicted octanol–water partition coefficient (Wildman–Crippen LogP) is 1.25. The normalized spacial score (nSPS) is 10.3. The van der Waals surface area contributed by atoms with Crippen LogP contribution in [0.25, 0.3) is 0 Å². The molecule has 122 valence electrons. The number of alkyl halides is 3. The highest BCUT2D eigenvalue weighted by Gasteiger charge is 2.32. The molecule has 1 aromatic carbocycles. The summed E-state index contributed by atoms with van der Waals surface area (Å²) in [4.78, 5) is 21.9. The molecule has 1 aromatic rings. The van der Waals surface area contributed by atoms with Crippen LogP contribution in [-0.4, -0.2) is 29.5 Å². The third kappa shape index (κ3) is 5.87. The zero-order valence-electron chi connectivity index (χ0n) is 10.8. The number of benzene rings is 1. The molecule has 0 aliphatic carbocycles. The predicted molar refractivity (Wildman–Crippen MR) is 74.2 cm³/mol. The fraction of sp³-hybridized carbons (Fsp3) is 0.182. The van der Waals surface area contributed by atoms with Gasteiger partial charge in [-0.3, -0.25) is 15.0 Å². The first kappa shape index (κ1) is 19.5. The lowest BCUT2D eigenvalue weighted by atomic mass is 10.1. The highest BCUT2D eigenvalue weighted by atomic mass is 35.5. The summed E-state index contributed by atoms with van der Waals surface area (Å²) >= 11 is 0. The van der Waals surface area contributed by atoms with Crippen molar-refractivity contribution in [2.24, 2.45) is 5.73 Å². The number of anilines is 1. The van der Waals surface area contributed by atoms with Gasteiger partial charge in [0, 0.05) is 11.3 Å². The number of carbonyl (C=O) groups excluding carboxylic acids is 1. The molecule has 6 N–H and O–H groups in total. The van der Waals surface area contributed by atoms with Crippen molar-refractivity contribution in [3.8, 4) is 0 Å². The monoisotopic (exact) mass is 340 g/mol. The van der Waals surface area contributed by atoms with Crippen LogP contribution in [0.2, 0.25) is 0 Å². The van der Waals surface area contributed by atoms with Gasteiger partial charge in [0.2, 0.25) is 0 Å². The maximum absolute atomic E-state index is 12.7. The minimum Gasteiger partial charge on any atom is -0.480 e. The van der Waals surface area contributed by atoms with Crippen molar-refractivity contribution in [3.05, 3.63) is 29.3 Å². The maximum Gasteiger partial charge on any atom is 0.416 e. The molecule has 7 nitrogen and oxygen atoms in total. The largest absolute Gasteiger partial charge is 0.480 e. The number of hydrogen-bond donors (Lipinski definition) is 5. The van der Waals surface area contributed by atoms with Crippen LogP contribution in [0.15, 0.2) is 18.2 Å². The van der Waals surface area contributed by atoms with Gasteiger partial charge in [0.15, 0.2) is 5.96 Å². The minimum atomic E-state index is -4.71. The molecular formula is C11H12ClF3N4O3. The van der Waals surface area contributed by atoms with Gasteiger partial charge in [-0.1, -0.05) is 0 Å². The Bertz CT molecular complexity index is 592. The van der Waals surface area contributed by atoms with Crippen molar-refractivity contribution < 1.29 is 27.9 Å². The Labute approximate surface area is 128 Å². The Kier molecular flexibility index (Phi) is 6.65. The summed E-state index contributed by atoms with van der Waals surface area (Å²) in [5.74, 6) is -2.93. The van der Waals surface area contributed by atoms with Crippen LogP contribution in [0.5, 0.6) is 0 Å². The molecule has 0 radical (unpaired) electrons. The van der Waals surface area contributed by atoms with E-state index in [0.29, 0.717) is 12.1 Å². The SMILES string of the molecule is Cl.N=C(N)Nc1cc(C(=O)NCC(=O)O)cc(C(F)(F)F)c1. The number of carbonyl (C=O) groups is 2. The molecule has 0 aliphatic heterocycles. The number of carboxylic acids is 1. The van der Waals surface area contributed by atoms with E-state index < -0.39 is 41.7 Å². The summed E-state index contributed by atoms with van der Waals surface area (Å²) in [6.07, 6.45) is -4.71. The average molecular weight is 341 g/mol. The molecule has 0 heterocycles. The zero-order chi connectivity index (χ0) is 16.2.